The van der Waals surface area contributed by atoms with E-state index in [1.54, 1.807) is 19.1 Å². The van der Waals surface area contributed by atoms with Crippen LogP contribution < -0.4 is 10.0 Å². The van der Waals surface area contributed by atoms with E-state index in [1.165, 1.54) is 13.1 Å². The van der Waals surface area contributed by atoms with Gasteiger partial charge in [-0.05, 0) is 44.5 Å². The summed E-state index contributed by atoms with van der Waals surface area (Å²) in [5.41, 5.74) is 1.07. The van der Waals surface area contributed by atoms with Crippen molar-refractivity contribution in [2.24, 2.45) is 0 Å². The van der Waals surface area contributed by atoms with Crippen molar-refractivity contribution in [3.63, 3.8) is 0 Å². The lowest BCUT2D eigenvalue weighted by molar-refractivity contribution is -0.124. The molecule has 1 amide bonds. The standard InChI is InChI=1S/C13H18N2O4S/c1-9-5-6-10(8-12(9)20(17,18)14-2)15-13(16)11-4-3-7-19-11/h5-6,8,11,14H,3-4,7H2,1-2H3,(H,15,16)/t11-/m1/s1. The van der Waals surface area contributed by atoms with E-state index < -0.39 is 16.1 Å². The van der Waals surface area contributed by atoms with Crippen LogP contribution in [0.25, 0.3) is 0 Å². The number of nitrogens with one attached hydrogen (secondary N) is 2. The van der Waals surface area contributed by atoms with Crippen molar-refractivity contribution in [2.45, 2.75) is 30.8 Å². The number of aryl methyl sites for hydroxylation is 1. The number of anilines is 1. The molecule has 1 aromatic carbocycles. The van der Waals surface area contributed by atoms with Crippen LogP contribution in [0.3, 0.4) is 0 Å². The van der Waals surface area contributed by atoms with Crippen LogP contribution >= 0.6 is 0 Å². The summed E-state index contributed by atoms with van der Waals surface area (Å²) in [7, 11) is -2.19. The lowest BCUT2D eigenvalue weighted by atomic mass is 10.2. The van der Waals surface area contributed by atoms with Crippen molar-refractivity contribution in [2.75, 3.05) is 19.0 Å². The number of benzene rings is 1. The molecular weight excluding hydrogens is 280 g/mol. The Morgan fingerprint density at radius 3 is 2.75 bits per heavy atom. The van der Waals surface area contributed by atoms with Crippen LogP contribution in [0.15, 0.2) is 23.1 Å². The zero-order chi connectivity index (χ0) is 14.8. The van der Waals surface area contributed by atoms with Crippen molar-refractivity contribution < 1.29 is 17.9 Å². The second-order valence-corrected chi connectivity index (χ2v) is 6.53. The summed E-state index contributed by atoms with van der Waals surface area (Å²) in [5.74, 6) is -0.237. The lowest BCUT2D eigenvalue weighted by Crippen LogP contribution is -2.27. The Balaban J connectivity index is 2.21. The Labute approximate surface area is 118 Å². The van der Waals surface area contributed by atoms with Crippen LogP contribution in [0.2, 0.25) is 0 Å². The molecule has 2 N–H and O–H groups in total. The summed E-state index contributed by atoms with van der Waals surface area (Å²) in [5, 5.41) is 2.69. The highest BCUT2D eigenvalue weighted by Crippen LogP contribution is 2.21. The van der Waals surface area contributed by atoms with Crippen LogP contribution in [-0.4, -0.2) is 34.1 Å². The molecule has 0 aromatic heterocycles. The lowest BCUT2D eigenvalue weighted by Gasteiger charge is -2.12. The SMILES string of the molecule is CNS(=O)(=O)c1cc(NC(=O)[C@H]2CCCO2)ccc1C. The molecule has 6 nitrogen and oxygen atoms in total. The monoisotopic (exact) mass is 298 g/mol. The Hall–Kier alpha value is -1.44. The molecule has 1 atom stereocenters. The van der Waals surface area contributed by atoms with Gasteiger partial charge in [-0.15, -0.1) is 0 Å². The Morgan fingerprint density at radius 2 is 2.15 bits per heavy atom. The molecule has 0 unspecified atom stereocenters. The van der Waals surface area contributed by atoms with Gasteiger partial charge in [-0.3, -0.25) is 4.79 Å². The van der Waals surface area contributed by atoms with Crippen molar-refractivity contribution in [1.82, 2.24) is 4.72 Å². The first kappa shape index (κ1) is 15.0. The van der Waals surface area contributed by atoms with Gasteiger partial charge in [0.05, 0.1) is 4.90 Å². The number of rotatable bonds is 4. The van der Waals surface area contributed by atoms with Crippen LogP contribution in [-0.2, 0) is 19.6 Å². The number of hydrogen-bond donors (Lipinski definition) is 2. The highest BCUT2D eigenvalue weighted by Gasteiger charge is 2.24. The minimum Gasteiger partial charge on any atom is -0.368 e. The molecule has 1 saturated heterocycles. The van der Waals surface area contributed by atoms with Crippen molar-refractivity contribution in [3.05, 3.63) is 23.8 Å². The molecule has 0 bridgehead atoms. The second kappa shape index (κ2) is 5.90. The van der Waals surface area contributed by atoms with Crippen molar-refractivity contribution in [1.29, 1.82) is 0 Å². The van der Waals surface area contributed by atoms with E-state index in [2.05, 4.69) is 10.0 Å². The third kappa shape index (κ3) is 3.17. The van der Waals surface area contributed by atoms with Crippen LogP contribution in [0.5, 0.6) is 0 Å². The van der Waals surface area contributed by atoms with Gasteiger partial charge in [-0.2, -0.15) is 0 Å². The average molecular weight is 298 g/mol. The summed E-state index contributed by atoms with van der Waals surface area (Å²) in [6.45, 7) is 2.29. The second-order valence-electron chi connectivity index (χ2n) is 4.68. The maximum absolute atomic E-state index is 11.9. The number of sulfonamides is 1. The maximum atomic E-state index is 11.9. The van der Waals surface area contributed by atoms with Gasteiger partial charge >= 0.3 is 0 Å². The fraction of sp³-hybridized carbons (Fsp3) is 0.462. The number of carbonyl (C=O) groups is 1. The molecule has 1 heterocycles. The fourth-order valence-corrected chi connectivity index (χ4v) is 3.08. The van der Waals surface area contributed by atoms with Gasteiger partial charge in [0.15, 0.2) is 0 Å². The number of ether oxygens (including phenoxy) is 1. The zero-order valence-corrected chi connectivity index (χ0v) is 12.3. The highest BCUT2D eigenvalue weighted by atomic mass is 32.2. The first-order valence-corrected chi connectivity index (χ1v) is 7.89. The van der Waals surface area contributed by atoms with Gasteiger partial charge in [-0.25, -0.2) is 13.1 Å². The minimum atomic E-state index is -3.54. The van der Waals surface area contributed by atoms with E-state index in [4.69, 9.17) is 4.74 Å². The van der Waals surface area contributed by atoms with Crippen molar-refractivity contribution >= 4 is 21.6 Å². The van der Waals surface area contributed by atoms with E-state index in [0.29, 0.717) is 24.3 Å². The molecule has 1 aliphatic rings. The summed E-state index contributed by atoms with van der Waals surface area (Å²) in [6, 6.07) is 4.79. The smallest absolute Gasteiger partial charge is 0.253 e. The molecule has 20 heavy (non-hydrogen) atoms. The van der Waals surface area contributed by atoms with Gasteiger partial charge in [0.2, 0.25) is 10.0 Å². The van der Waals surface area contributed by atoms with Crippen molar-refractivity contribution in [3.8, 4) is 0 Å². The van der Waals surface area contributed by atoms with Gasteiger partial charge in [-0.1, -0.05) is 6.07 Å². The molecule has 0 radical (unpaired) electrons. The normalized spacial score (nSPS) is 19.0. The molecule has 110 valence electrons. The fourth-order valence-electron chi connectivity index (χ4n) is 2.08. The van der Waals surface area contributed by atoms with E-state index >= 15 is 0 Å². The molecule has 7 heteroatoms. The third-order valence-electron chi connectivity index (χ3n) is 3.24. The topological polar surface area (TPSA) is 84.5 Å². The van der Waals surface area contributed by atoms with Crippen LogP contribution in [0.1, 0.15) is 18.4 Å². The van der Waals surface area contributed by atoms with E-state index in [-0.39, 0.29) is 10.8 Å². The van der Waals surface area contributed by atoms with E-state index in [1.807, 2.05) is 0 Å². The van der Waals surface area contributed by atoms with Gasteiger partial charge in [0, 0.05) is 12.3 Å². The molecule has 1 aromatic rings. The predicted octanol–water partition coefficient (Wildman–Crippen LogP) is 1.02. The summed E-state index contributed by atoms with van der Waals surface area (Å²) < 4.78 is 31.3. The quantitative estimate of drug-likeness (QED) is 0.869. The largest absolute Gasteiger partial charge is 0.368 e. The first-order valence-electron chi connectivity index (χ1n) is 6.41. The Morgan fingerprint density at radius 1 is 1.40 bits per heavy atom. The molecule has 1 fully saturated rings. The molecular formula is C13H18N2O4S. The van der Waals surface area contributed by atoms with Crippen LogP contribution in [0, 0.1) is 6.92 Å². The third-order valence-corrected chi connectivity index (χ3v) is 4.79. The predicted molar refractivity (Wildman–Crippen MR) is 75.0 cm³/mol. The van der Waals surface area contributed by atoms with E-state index in [9.17, 15) is 13.2 Å². The van der Waals surface area contributed by atoms with E-state index in [0.717, 1.165) is 6.42 Å². The summed E-state index contributed by atoms with van der Waals surface area (Å²) >= 11 is 0. The summed E-state index contributed by atoms with van der Waals surface area (Å²) in [6.07, 6.45) is 1.12. The highest BCUT2D eigenvalue weighted by molar-refractivity contribution is 7.89. The minimum absolute atomic E-state index is 0.158. The molecule has 0 aliphatic carbocycles. The average Bonchev–Trinajstić information content (AvgIpc) is 2.95. The first-order chi connectivity index (χ1) is 9.44. The zero-order valence-electron chi connectivity index (χ0n) is 11.5. The Kier molecular flexibility index (Phi) is 4.42. The molecule has 2 rings (SSSR count). The van der Waals surface area contributed by atoms with Gasteiger partial charge in [0.25, 0.3) is 5.91 Å². The summed E-state index contributed by atoms with van der Waals surface area (Å²) in [4.78, 5) is 12.1. The maximum Gasteiger partial charge on any atom is 0.253 e. The number of hydrogen-bond acceptors (Lipinski definition) is 4. The Bertz CT molecular complexity index is 607. The van der Waals surface area contributed by atoms with Crippen LogP contribution in [0.4, 0.5) is 5.69 Å². The molecule has 0 spiro atoms. The molecule has 0 saturated carbocycles. The number of amides is 1. The van der Waals surface area contributed by atoms with Gasteiger partial charge < -0.3 is 10.1 Å². The van der Waals surface area contributed by atoms with Gasteiger partial charge in [0.1, 0.15) is 6.10 Å². The molecule has 1 aliphatic heterocycles. The number of carbonyl (C=O) groups excluding carboxylic acids is 1.